The molecule has 1 unspecified atom stereocenters. The number of hydrogen-bond acceptors (Lipinski definition) is 1. The van der Waals surface area contributed by atoms with E-state index in [0.717, 1.165) is 25.1 Å². The number of benzene rings is 1. The molecule has 0 aromatic heterocycles. The Labute approximate surface area is 109 Å². The summed E-state index contributed by atoms with van der Waals surface area (Å²) in [6.45, 7) is 6.67. The number of carbonyl (C=O) groups excluding carboxylic acids is 1. The molecule has 98 valence electrons. The summed E-state index contributed by atoms with van der Waals surface area (Å²) < 4.78 is 0. The Morgan fingerprint density at radius 2 is 2.33 bits per heavy atom. The van der Waals surface area contributed by atoms with Crippen molar-refractivity contribution in [3.05, 3.63) is 35.4 Å². The molecule has 1 N–H and O–H groups in total. The van der Waals surface area contributed by atoms with Crippen LogP contribution in [0.1, 0.15) is 30.9 Å². The summed E-state index contributed by atoms with van der Waals surface area (Å²) in [5.74, 6) is 0.628. The number of aryl methyl sites for hydroxylation is 1. The van der Waals surface area contributed by atoms with Crippen molar-refractivity contribution < 1.29 is 4.79 Å². The molecule has 0 spiro atoms. The predicted molar refractivity (Wildman–Crippen MR) is 73.4 cm³/mol. The molecular formula is C15H22N2O. The minimum atomic E-state index is 0.0723. The first-order chi connectivity index (χ1) is 8.65. The Bertz CT molecular complexity index is 417. The normalized spacial score (nSPS) is 19.7. The van der Waals surface area contributed by atoms with Crippen molar-refractivity contribution in [2.24, 2.45) is 5.92 Å². The van der Waals surface area contributed by atoms with Crippen LogP contribution >= 0.6 is 0 Å². The molecule has 1 aromatic rings. The van der Waals surface area contributed by atoms with E-state index in [1.54, 1.807) is 0 Å². The molecule has 18 heavy (non-hydrogen) atoms. The van der Waals surface area contributed by atoms with Gasteiger partial charge in [-0.3, -0.25) is 0 Å². The van der Waals surface area contributed by atoms with Crippen LogP contribution in [0.25, 0.3) is 0 Å². The van der Waals surface area contributed by atoms with Crippen LogP contribution < -0.4 is 5.32 Å². The molecule has 1 saturated heterocycles. The van der Waals surface area contributed by atoms with E-state index in [1.165, 1.54) is 12.0 Å². The lowest BCUT2D eigenvalue weighted by Crippen LogP contribution is -2.44. The maximum atomic E-state index is 12.0. The minimum Gasteiger partial charge on any atom is -0.334 e. The highest BCUT2D eigenvalue weighted by Crippen LogP contribution is 2.15. The molecule has 1 fully saturated rings. The number of piperidine rings is 1. The first-order valence-electron chi connectivity index (χ1n) is 6.73. The summed E-state index contributed by atoms with van der Waals surface area (Å²) in [6.07, 6.45) is 2.36. The first-order valence-corrected chi connectivity index (χ1v) is 6.73. The summed E-state index contributed by atoms with van der Waals surface area (Å²) >= 11 is 0. The van der Waals surface area contributed by atoms with Crippen LogP contribution in [0.3, 0.4) is 0 Å². The van der Waals surface area contributed by atoms with Crippen LogP contribution in [-0.4, -0.2) is 24.0 Å². The van der Waals surface area contributed by atoms with Gasteiger partial charge in [0.25, 0.3) is 0 Å². The van der Waals surface area contributed by atoms with E-state index < -0.39 is 0 Å². The highest BCUT2D eigenvalue weighted by Gasteiger charge is 2.20. The SMILES string of the molecule is Cc1cccc(CNC(=O)N2CCCC(C)C2)c1. The zero-order chi connectivity index (χ0) is 13.0. The molecule has 0 radical (unpaired) electrons. The van der Waals surface area contributed by atoms with Crippen molar-refractivity contribution in [2.75, 3.05) is 13.1 Å². The Morgan fingerprint density at radius 1 is 1.50 bits per heavy atom. The quantitative estimate of drug-likeness (QED) is 0.855. The number of hydrogen-bond donors (Lipinski definition) is 1. The number of nitrogens with zero attached hydrogens (tertiary/aromatic N) is 1. The summed E-state index contributed by atoms with van der Waals surface area (Å²) in [7, 11) is 0. The second-order valence-corrected chi connectivity index (χ2v) is 5.34. The number of rotatable bonds is 2. The van der Waals surface area contributed by atoms with E-state index in [2.05, 4.69) is 31.3 Å². The van der Waals surface area contributed by atoms with Crippen molar-refractivity contribution in [1.82, 2.24) is 10.2 Å². The van der Waals surface area contributed by atoms with Crippen LogP contribution in [0.2, 0.25) is 0 Å². The lowest BCUT2D eigenvalue weighted by atomic mass is 10.0. The molecule has 0 bridgehead atoms. The highest BCUT2D eigenvalue weighted by atomic mass is 16.2. The number of likely N-dealkylation sites (tertiary alicyclic amines) is 1. The monoisotopic (exact) mass is 246 g/mol. The van der Waals surface area contributed by atoms with Crippen LogP contribution in [0.5, 0.6) is 0 Å². The molecule has 1 aromatic carbocycles. The largest absolute Gasteiger partial charge is 0.334 e. The van der Waals surface area contributed by atoms with Crippen LogP contribution in [0.4, 0.5) is 4.79 Å². The molecule has 0 aliphatic carbocycles. The number of carbonyl (C=O) groups is 1. The zero-order valence-electron chi connectivity index (χ0n) is 11.3. The number of urea groups is 1. The van der Waals surface area contributed by atoms with E-state index >= 15 is 0 Å². The van der Waals surface area contributed by atoms with E-state index in [4.69, 9.17) is 0 Å². The van der Waals surface area contributed by atoms with E-state index in [0.29, 0.717) is 12.5 Å². The minimum absolute atomic E-state index is 0.0723. The second-order valence-electron chi connectivity index (χ2n) is 5.34. The van der Waals surface area contributed by atoms with Gasteiger partial charge in [-0.2, -0.15) is 0 Å². The molecule has 3 heteroatoms. The molecule has 1 atom stereocenters. The fourth-order valence-corrected chi connectivity index (χ4v) is 2.49. The average molecular weight is 246 g/mol. The molecule has 0 saturated carbocycles. The third-order valence-electron chi connectivity index (χ3n) is 3.47. The molecule has 1 aliphatic rings. The molecule has 3 nitrogen and oxygen atoms in total. The zero-order valence-corrected chi connectivity index (χ0v) is 11.3. The number of amides is 2. The topological polar surface area (TPSA) is 32.3 Å². The molecule has 1 heterocycles. The van der Waals surface area contributed by atoms with E-state index in [9.17, 15) is 4.79 Å². The van der Waals surface area contributed by atoms with Gasteiger partial charge in [0.2, 0.25) is 0 Å². The maximum absolute atomic E-state index is 12.0. The smallest absolute Gasteiger partial charge is 0.317 e. The van der Waals surface area contributed by atoms with Crippen molar-refractivity contribution in [2.45, 2.75) is 33.2 Å². The Morgan fingerprint density at radius 3 is 3.06 bits per heavy atom. The van der Waals surface area contributed by atoms with Gasteiger partial charge in [0.05, 0.1) is 0 Å². The van der Waals surface area contributed by atoms with Gasteiger partial charge < -0.3 is 10.2 Å². The van der Waals surface area contributed by atoms with Gasteiger partial charge in [-0.15, -0.1) is 0 Å². The van der Waals surface area contributed by atoms with Gasteiger partial charge >= 0.3 is 6.03 Å². The maximum Gasteiger partial charge on any atom is 0.317 e. The van der Waals surface area contributed by atoms with Crippen molar-refractivity contribution in [3.8, 4) is 0 Å². The molecule has 1 aliphatic heterocycles. The first kappa shape index (κ1) is 12.9. The van der Waals surface area contributed by atoms with E-state index in [-0.39, 0.29) is 6.03 Å². The van der Waals surface area contributed by atoms with E-state index in [1.807, 2.05) is 17.0 Å². The fourth-order valence-electron chi connectivity index (χ4n) is 2.49. The Hall–Kier alpha value is -1.51. The predicted octanol–water partition coefficient (Wildman–Crippen LogP) is 2.94. The number of nitrogens with one attached hydrogen (secondary N) is 1. The highest BCUT2D eigenvalue weighted by molar-refractivity contribution is 5.74. The van der Waals surface area contributed by atoms with Crippen LogP contribution in [0, 0.1) is 12.8 Å². The van der Waals surface area contributed by atoms with Crippen LogP contribution in [0.15, 0.2) is 24.3 Å². The molecular weight excluding hydrogens is 224 g/mol. The van der Waals surface area contributed by atoms with Crippen molar-refractivity contribution in [3.63, 3.8) is 0 Å². The summed E-state index contributed by atoms with van der Waals surface area (Å²) in [5, 5.41) is 3.00. The van der Waals surface area contributed by atoms with Crippen molar-refractivity contribution in [1.29, 1.82) is 0 Å². The van der Waals surface area contributed by atoms with Crippen LogP contribution in [-0.2, 0) is 6.54 Å². The third-order valence-corrected chi connectivity index (χ3v) is 3.47. The van der Waals surface area contributed by atoms with Gasteiger partial charge in [-0.05, 0) is 31.2 Å². The van der Waals surface area contributed by atoms with Gasteiger partial charge in [0.15, 0.2) is 0 Å². The third kappa shape index (κ3) is 3.49. The van der Waals surface area contributed by atoms with Gasteiger partial charge in [-0.25, -0.2) is 4.79 Å². The van der Waals surface area contributed by atoms with Gasteiger partial charge in [0.1, 0.15) is 0 Å². The summed E-state index contributed by atoms with van der Waals surface area (Å²) in [6, 6.07) is 8.32. The standard InChI is InChI=1S/C15H22N2O/c1-12-5-3-7-14(9-12)10-16-15(18)17-8-4-6-13(2)11-17/h3,5,7,9,13H,4,6,8,10-11H2,1-2H3,(H,16,18). The van der Waals surface area contributed by atoms with Gasteiger partial charge in [0, 0.05) is 19.6 Å². The lowest BCUT2D eigenvalue weighted by molar-refractivity contribution is 0.169. The molecule has 2 rings (SSSR count). The summed E-state index contributed by atoms with van der Waals surface area (Å²) in [4.78, 5) is 14.0. The average Bonchev–Trinajstić information content (AvgIpc) is 2.36. The fraction of sp³-hybridized carbons (Fsp3) is 0.533. The van der Waals surface area contributed by atoms with Crippen molar-refractivity contribution >= 4 is 6.03 Å². The Kier molecular flexibility index (Phi) is 4.24. The molecule has 2 amide bonds. The van der Waals surface area contributed by atoms with Gasteiger partial charge in [-0.1, -0.05) is 36.8 Å². The Balaban J connectivity index is 1.84. The summed E-state index contributed by atoms with van der Waals surface area (Å²) in [5.41, 5.74) is 2.39. The second kappa shape index (κ2) is 5.89. The lowest BCUT2D eigenvalue weighted by Gasteiger charge is -2.30.